The normalized spacial score (nSPS) is 21.3. The van der Waals surface area contributed by atoms with Crippen molar-refractivity contribution in [1.29, 1.82) is 0 Å². The van der Waals surface area contributed by atoms with E-state index in [0.717, 1.165) is 18.7 Å². The first kappa shape index (κ1) is 15.7. The lowest BCUT2D eigenvalue weighted by atomic mass is 10.0. The number of likely N-dealkylation sites (tertiary alicyclic amines) is 1. The lowest BCUT2D eigenvalue weighted by Crippen LogP contribution is -2.48. The molecule has 1 heterocycles. The van der Waals surface area contributed by atoms with Crippen molar-refractivity contribution in [3.8, 4) is 0 Å². The molecule has 1 atom stereocenters. The number of carbonyl (C=O) groups is 1. The van der Waals surface area contributed by atoms with Gasteiger partial charge in [0.05, 0.1) is 0 Å². The Kier molecular flexibility index (Phi) is 4.74. The molecular weight excluding hydrogens is 288 g/mol. The van der Waals surface area contributed by atoms with E-state index in [2.05, 4.69) is 22.3 Å². The van der Waals surface area contributed by atoms with Crippen molar-refractivity contribution in [2.24, 2.45) is 0 Å². The van der Waals surface area contributed by atoms with Gasteiger partial charge in [-0.05, 0) is 17.5 Å². The van der Waals surface area contributed by atoms with Crippen LogP contribution in [-0.4, -0.2) is 34.6 Å². The Balaban J connectivity index is 1.54. The Labute approximate surface area is 136 Å². The van der Waals surface area contributed by atoms with Crippen molar-refractivity contribution in [2.45, 2.75) is 25.1 Å². The molecule has 1 saturated heterocycles. The maximum Gasteiger partial charge on any atom is 0.253 e. The fraction of sp³-hybridized carbons (Fsp3) is 0.316. The molecule has 1 aliphatic heterocycles. The van der Waals surface area contributed by atoms with Gasteiger partial charge in [0.15, 0.2) is 5.60 Å². The van der Waals surface area contributed by atoms with Gasteiger partial charge in [0.25, 0.3) is 5.91 Å². The van der Waals surface area contributed by atoms with Crippen LogP contribution in [0.5, 0.6) is 0 Å². The maximum absolute atomic E-state index is 12.4. The minimum absolute atomic E-state index is 0.281. The zero-order valence-electron chi connectivity index (χ0n) is 13.1. The first-order valence-corrected chi connectivity index (χ1v) is 7.97. The van der Waals surface area contributed by atoms with E-state index in [1.54, 1.807) is 0 Å². The highest BCUT2D eigenvalue weighted by molar-refractivity contribution is 5.85. The van der Waals surface area contributed by atoms with Crippen molar-refractivity contribution in [3.63, 3.8) is 0 Å². The van der Waals surface area contributed by atoms with E-state index in [0.29, 0.717) is 19.5 Å². The molecule has 1 amide bonds. The van der Waals surface area contributed by atoms with Gasteiger partial charge in [-0.25, -0.2) is 0 Å². The van der Waals surface area contributed by atoms with Crippen LogP contribution in [0.3, 0.4) is 0 Å². The fourth-order valence-electron chi connectivity index (χ4n) is 2.98. The smallest absolute Gasteiger partial charge is 0.253 e. The highest BCUT2D eigenvalue weighted by Gasteiger charge is 2.42. The van der Waals surface area contributed by atoms with Gasteiger partial charge in [-0.15, -0.1) is 0 Å². The number of aliphatic hydroxyl groups is 1. The minimum Gasteiger partial charge on any atom is -0.379 e. The summed E-state index contributed by atoms with van der Waals surface area (Å²) in [6.07, 6.45) is 0.473. The number of hydrogen-bond donors (Lipinski definition) is 2. The van der Waals surface area contributed by atoms with E-state index in [-0.39, 0.29) is 5.91 Å². The van der Waals surface area contributed by atoms with Gasteiger partial charge >= 0.3 is 0 Å². The van der Waals surface area contributed by atoms with Crippen LogP contribution in [0, 0.1) is 0 Å². The average Bonchev–Trinajstić information content (AvgIpc) is 2.97. The summed E-state index contributed by atoms with van der Waals surface area (Å²) in [4.78, 5) is 14.5. The van der Waals surface area contributed by atoms with Crippen LogP contribution in [0.4, 0.5) is 0 Å². The molecule has 1 unspecified atom stereocenters. The third kappa shape index (κ3) is 3.97. The van der Waals surface area contributed by atoms with Crippen LogP contribution in [0.1, 0.15) is 17.5 Å². The number of nitrogens with zero attached hydrogens (tertiary/aromatic N) is 1. The number of benzene rings is 2. The van der Waals surface area contributed by atoms with Crippen LogP contribution in [-0.2, 0) is 17.9 Å². The molecule has 2 N–H and O–H groups in total. The summed E-state index contributed by atoms with van der Waals surface area (Å²) in [6, 6.07) is 19.9. The maximum atomic E-state index is 12.4. The van der Waals surface area contributed by atoms with Crippen LogP contribution >= 0.6 is 0 Å². The van der Waals surface area contributed by atoms with Crippen LogP contribution in [0.15, 0.2) is 60.7 Å². The topological polar surface area (TPSA) is 52.6 Å². The zero-order valence-corrected chi connectivity index (χ0v) is 13.1. The third-order valence-electron chi connectivity index (χ3n) is 4.29. The molecule has 0 saturated carbocycles. The Morgan fingerprint density at radius 1 is 1.04 bits per heavy atom. The molecule has 23 heavy (non-hydrogen) atoms. The van der Waals surface area contributed by atoms with E-state index in [9.17, 15) is 9.90 Å². The van der Waals surface area contributed by atoms with E-state index in [1.165, 1.54) is 5.56 Å². The van der Waals surface area contributed by atoms with Gasteiger partial charge in [-0.2, -0.15) is 0 Å². The predicted molar refractivity (Wildman–Crippen MR) is 89.6 cm³/mol. The first-order chi connectivity index (χ1) is 11.2. The zero-order chi connectivity index (χ0) is 16.1. The molecule has 0 radical (unpaired) electrons. The van der Waals surface area contributed by atoms with Crippen LogP contribution in [0.2, 0.25) is 0 Å². The number of nitrogens with one attached hydrogen (secondary N) is 1. The molecule has 3 rings (SSSR count). The summed E-state index contributed by atoms with van der Waals surface area (Å²) in [5, 5.41) is 13.5. The Morgan fingerprint density at radius 3 is 2.30 bits per heavy atom. The Morgan fingerprint density at radius 2 is 1.65 bits per heavy atom. The molecule has 0 aliphatic carbocycles. The second-order valence-corrected chi connectivity index (χ2v) is 6.15. The predicted octanol–water partition coefficient (Wildman–Crippen LogP) is 1.94. The minimum atomic E-state index is -1.29. The quantitative estimate of drug-likeness (QED) is 0.887. The standard InChI is InChI=1S/C19H22N2O2/c22-18(20-13-16-7-3-1-4-8-16)19(23)11-12-21(15-19)14-17-9-5-2-6-10-17/h1-10,23H,11-15H2,(H,20,22). The summed E-state index contributed by atoms with van der Waals surface area (Å²) in [6.45, 7) is 2.31. The van der Waals surface area contributed by atoms with Crippen LogP contribution in [0.25, 0.3) is 0 Å². The van der Waals surface area contributed by atoms with E-state index < -0.39 is 5.60 Å². The van der Waals surface area contributed by atoms with E-state index in [1.807, 2.05) is 48.5 Å². The van der Waals surface area contributed by atoms with E-state index in [4.69, 9.17) is 0 Å². The number of hydrogen-bond acceptors (Lipinski definition) is 3. The van der Waals surface area contributed by atoms with Gasteiger partial charge in [-0.1, -0.05) is 60.7 Å². The Hall–Kier alpha value is -2.17. The monoisotopic (exact) mass is 310 g/mol. The molecular formula is C19H22N2O2. The number of β-amino-alcohol motifs (C(OH)–C–C–N with tert-alkyl or cyclic N) is 1. The van der Waals surface area contributed by atoms with Crippen molar-refractivity contribution in [2.75, 3.05) is 13.1 Å². The molecule has 1 fully saturated rings. The van der Waals surface area contributed by atoms with Crippen molar-refractivity contribution in [3.05, 3.63) is 71.8 Å². The number of rotatable bonds is 5. The molecule has 120 valence electrons. The third-order valence-corrected chi connectivity index (χ3v) is 4.29. The molecule has 1 aliphatic rings. The molecule has 4 heteroatoms. The number of amides is 1. The van der Waals surface area contributed by atoms with Crippen molar-refractivity contribution >= 4 is 5.91 Å². The van der Waals surface area contributed by atoms with Gasteiger partial charge in [0.2, 0.25) is 0 Å². The highest BCUT2D eigenvalue weighted by atomic mass is 16.3. The highest BCUT2D eigenvalue weighted by Crippen LogP contribution is 2.23. The lowest BCUT2D eigenvalue weighted by molar-refractivity contribution is -0.138. The lowest BCUT2D eigenvalue weighted by Gasteiger charge is -2.22. The second-order valence-electron chi connectivity index (χ2n) is 6.15. The van der Waals surface area contributed by atoms with Gasteiger partial charge < -0.3 is 10.4 Å². The summed E-state index contributed by atoms with van der Waals surface area (Å²) in [5.74, 6) is -0.281. The molecule has 0 aromatic heterocycles. The molecule has 2 aromatic carbocycles. The van der Waals surface area contributed by atoms with Gasteiger partial charge in [-0.3, -0.25) is 9.69 Å². The van der Waals surface area contributed by atoms with Crippen molar-refractivity contribution < 1.29 is 9.90 Å². The summed E-state index contributed by atoms with van der Waals surface area (Å²) in [7, 11) is 0. The molecule has 4 nitrogen and oxygen atoms in total. The van der Waals surface area contributed by atoms with Gasteiger partial charge in [0, 0.05) is 26.2 Å². The number of carbonyl (C=O) groups excluding carboxylic acids is 1. The average molecular weight is 310 g/mol. The molecule has 0 spiro atoms. The summed E-state index contributed by atoms with van der Waals surface area (Å²) in [5.41, 5.74) is 0.939. The van der Waals surface area contributed by atoms with Crippen molar-refractivity contribution in [1.82, 2.24) is 10.2 Å². The van der Waals surface area contributed by atoms with Crippen LogP contribution < -0.4 is 5.32 Å². The molecule has 2 aromatic rings. The largest absolute Gasteiger partial charge is 0.379 e. The summed E-state index contributed by atoms with van der Waals surface area (Å²) >= 11 is 0. The Bertz CT molecular complexity index is 645. The first-order valence-electron chi connectivity index (χ1n) is 7.97. The SMILES string of the molecule is O=C(NCc1ccccc1)C1(O)CCN(Cc2ccccc2)C1. The van der Waals surface area contributed by atoms with Gasteiger partial charge in [0.1, 0.15) is 0 Å². The summed E-state index contributed by atoms with van der Waals surface area (Å²) < 4.78 is 0. The fourth-order valence-corrected chi connectivity index (χ4v) is 2.98. The molecule has 0 bridgehead atoms. The second kappa shape index (κ2) is 6.94. The van der Waals surface area contributed by atoms with E-state index >= 15 is 0 Å².